The molecular weight excluding hydrogens is 208 g/mol. The predicted molar refractivity (Wildman–Crippen MR) is 60.8 cm³/mol. The molecule has 0 radical (unpaired) electrons. The Morgan fingerprint density at radius 3 is 3.06 bits per heavy atom. The van der Waals surface area contributed by atoms with Crippen LogP contribution in [-0.2, 0) is 0 Å². The first-order valence-corrected chi connectivity index (χ1v) is 4.71. The monoisotopic (exact) mass is 218 g/mol. The van der Waals surface area contributed by atoms with Crippen LogP contribution in [0.5, 0.6) is 0 Å². The zero-order chi connectivity index (χ0) is 11.5. The summed E-state index contributed by atoms with van der Waals surface area (Å²) in [5.41, 5.74) is 6.76. The smallest absolute Gasteiger partial charge is 0.271 e. The summed E-state index contributed by atoms with van der Waals surface area (Å²) in [6.45, 7) is 0.432. The maximum absolute atomic E-state index is 10.6. The third-order valence-corrected chi connectivity index (χ3v) is 2.20. The molecule has 1 heterocycles. The number of hydrogen-bond donors (Lipinski definition) is 2. The first-order chi connectivity index (χ1) is 7.72. The third-order valence-electron chi connectivity index (χ3n) is 2.20. The number of nitrogens with one attached hydrogen (secondary N) is 1. The van der Waals surface area contributed by atoms with E-state index >= 15 is 0 Å². The lowest BCUT2D eigenvalue weighted by Crippen LogP contribution is -1.92. The number of H-pyrrole nitrogens is 1. The number of non-ortho nitro benzene ring substituents is 1. The molecule has 0 fully saturated rings. The summed E-state index contributed by atoms with van der Waals surface area (Å²) in [6, 6.07) is 4.59. The van der Waals surface area contributed by atoms with Crippen LogP contribution in [0.3, 0.4) is 0 Å². The van der Waals surface area contributed by atoms with Crippen molar-refractivity contribution in [2.24, 2.45) is 5.73 Å². The fraction of sp³-hybridized carbons (Fsp3) is 0.100. The molecule has 0 spiro atoms. The molecule has 0 aliphatic heterocycles. The van der Waals surface area contributed by atoms with E-state index < -0.39 is 4.92 Å². The quantitative estimate of drug-likeness (QED) is 0.601. The number of aromatic nitrogens is 2. The molecule has 0 saturated carbocycles. The molecule has 1 aromatic heterocycles. The second-order valence-corrected chi connectivity index (χ2v) is 3.23. The summed E-state index contributed by atoms with van der Waals surface area (Å²) in [7, 11) is 0. The summed E-state index contributed by atoms with van der Waals surface area (Å²) in [4.78, 5) is 10.1. The van der Waals surface area contributed by atoms with Gasteiger partial charge in [-0.1, -0.05) is 6.08 Å². The van der Waals surface area contributed by atoms with Crippen molar-refractivity contribution in [2.75, 3.05) is 6.54 Å². The SMILES string of the molecule is NCC=Cc1n[nH]c2cc([N+](=O)[O-])ccc12. The van der Waals surface area contributed by atoms with Crippen LogP contribution in [0.4, 0.5) is 5.69 Å². The highest BCUT2D eigenvalue weighted by Crippen LogP contribution is 2.22. The molecule has 6 heteroatoms. The normalized spacial score (nSPS) is 11.3. The minimum Gasteiger partial charge on any atom is -0.327 e. The molecule has 0 saturated heterocycles. The predicted octanol–water partition coefficient (Wildman–Crippen LogP) is 1.44. The zero-order valence-electron chi connectivity index (χ0n) is 8.38. The van der Waals surface area contributed by atoms with E-state index in [9.17, 15) is 10.1 Å². The summed E-state index contributed by atoms with van der Waals surface area (Å²) >= 11 is 0. The average molecular weight is 218 g/mol. The fourth-order valence-corrected chi connectivity index (χ4v) is 1.45. The van der Waals surface area contributed by atoms with Crippen molar-refractivity contribution in [3.05, 3.63) is 40.1 Å². The molecule has 16 heavy (non-hydrogen) atoms. The fourth-order valence-electron chi connectivity index (χ4n) is 1.45. The lowest BCUT2D eigenvalue weighted by molar-refractivity contribution is -0.384. The van der Waals surface area contributed by atoms with Crippen LogP contribution in [0, 0.1) is 10.1 Å². The second-order valence-electron chi connectivity index (χ2n) is 3.23. The van der Waals surface area contributed by atoms with E-state index in [1.165, 1.54) is 12.1 Å². The first kappa shape index (κ1) is 10.3. The summed E-state index contributed by atoms with van der Waals surface area (Å²) in [6.07, 6.45) is 3.56. The largest absolute Gasteiger partial charge is 0.327 e. The Kier molecular flexibility index (Phi) is 2.65. The number of nitro groups is 1. The van der Waals surface area contributed by atoms with Crippen molar-refractivity contribution in [1.29, 1.82) is 0 Å². The number of nitrogens with zero attached hydrogens (tertiary/aromatic N) is 2. The van der Waals surface area contributed by atoms with E-state index in [0.717, 1.165) is 11.1 Å². The van der Waals surface area contributed by atoms with Crippen LogP contribution in [0.25, 0.3) is 17.0 Å². The van der Waals surface area contributed by atoms with Gasteiger partial charge in [0.2, 0.25) is 0 Å². The second kappa shape index (κ2) is 4.11. The average Bonchev–Trinajstić information content (AvgIpc) is 2.68. The number of benzene rings is 1. The number of nitro benzene ring substituents is 1. The highest BCUT2D eigenvalue weighted by atomic mass is 16.6. The molecule has 1 aromatic carbocycles. The van der Waals surface area contributed by atoms with Gasteiger partial charge in [-0.25, -0.2) is 0 Å². The van der Waals surface area contributed by atoms with Crippen molar-refractivity contribution >= 4 is 22.7 Å². The third kappa shape index (κ3) is 1.78. The van der Waals surface area contributed by atoms with Gasteiger partial charge in [-0.15, -0.1) is 0 Å². The number of aromatic amines is 1. The van der Waals surface area contributed by atoms with Crippen LogP contribution >= 0.6 is 0 Å². The van der Waals surface area contributed by atoms with Gasteiger partial charge in [-0.05, 0) is 12.1 Å². The Hall–Kier alpha value is -2.21. The highest BCUT2D eigenvalue weighted by molar-refractivity contribution is 5.88. The van der Waals surface area contributed by atoms with Crippen molar-refractivity contribution < 1.29 is 4.92 Å². The lowest BCUT2D eigenvalue weighted by atomic mass is 10.2. The van der Waals surface area contributed by atoms with Crippen LogP contribution in [0.1, 0.15) is 5.69 Å². The molecule has 0 atom stereocenters. The van der Waals surface area contributed by atoms with Crippen LogP contribution in [0.15, 0.2) is 24.3 Å². The van der Waals surface area contributed by atoms with E-state index in [1.807, 2.05) is 0 Å². The van der Waals surface area contributed by atoms with E-state index in [2.05, 4.69) is 10.2 Å². The van der Waals surface area contributed by atoms with Gasteiger partial charge in [-0.3, -0.25) is 15.2 Å². The van der Waals surface area contributed by atoms with Gasteiger partial charge in [-0.2, -0.15) is 5.10 Å². The van der Waals surface area contributed by atoms with Crippen molar-refractivity contribution in [1.82, 2.24) is 10.2 Å². The first-order valence-electron chi connectivity index (χ1n) is 4.71. The molecule has 6 nitrogen and oxygen atoms in total. The molecule has 0 amide bonds. The molecule has 2 aromatic rings. The van der Waals surface area contributed by atoms with Gasteiger partial charge >= 0.3 is 0 Å². The van der Waals surface area contributed by atoms with Gasteiger partial charge in [0.05, 0.1) is 16.1 Å². The van der Waals surface area contributed by atoms with E-state index in [0.29, 0.717) is 12.1 Å². The topological polar surface area (TPSA) is 97.8 Å². The van der Waals surface area contributed by atoms with Gasteiger partial charge in [0.1, 0.15) is 0 Å². The van der Waals surface area contributed by atoms with Crippen molar-refractivity contribution in [2.45, 2.75) is 0 Å². The Labute approximate surface area is 90.9 Å². The molecule has 0 unspecified atom stereocenters. The summed E-state index contributed by atoms with van der Waals surface area (Å²) in [5.74, 6) is 0. The number of nitrogens with two attached hydrogens (primary N) is 1. The number of rotatable bonds is 3. The standard InChI is InChI=1S/C10H10N4O2/c11-5-1-2-9-8-4-3-7(14(15)16)6-10(8)13-12-9/h1-4,6H,5,11H2,(H,12,13). The zero-order valence-corrected chi connectivity index (χ0v) is 8.38. The lowest BCUT2D eigenvalue weighted by Gasteiger charge is -1.91. The van der Waals surface area contributed by atoms with Gasteiger partial charge < -0.3 is 5.73 Å². The van der Waals surface area contributed by atoms with Gasteiger partial charge in [0.15, 0.2) is 0 Å². The van der Waals surface area contributed by atoms with Gasteiger partial charge in [0, 0.05) is 24.1 Å². The molecule has 3 N–H and O–H groups in total. The van der Waals surface area contributed by atoms with Crippen molar-refractivity contribution in [3.8, 4) is 0 Å². The Balaban J connectivity index is 2.50. The maximum atomic E-state index is 10.6. The highest BCUT2D eigenvalue weighted by Gasteiger charge is 2.09. The van der Waals surface area contributed by atoms with Gasteiger partial charge in [0.25, 0.3) is 5.69 Å². The van der Waals surface area contributed by atoms with Crippen LogP contribution < -0.4 is 5.73 Å². The maximum Gasteiger partial charge on any atom is 0.271 e. The van der Waals surface area contributed by atoms with E-state index in [1.54, 1.807) is 18.2 Å². The van der Waals surface area contributed by atoms with E-state index in [-0.39, 0.29) is 5.69 Å². The van der Waals surface area contributed by atoms with E-state index in [4.69, 9.17) is 5.73 Å². The Morgan fingerprint density at radius 2 is 2.38 bits per heavy atom. The number of fused-ring (bicyclic) bond motifs is 1. The molecular formula is C10H10N4O2. The molecule has 0 aliphatic rings. The minimum absolute atomic E-state index is 0.0468. The molecule has 82 valence electrons. The van der Waals surface area contributed by atoms with Crippen LogP contribution in [0.2, 0.25) is 0 Å². The van der Waals surface area contributed by atoms with Crippen molar-refractivity contribution in [3.63, 3.8) is 0 Å². The Morgan fingerprint density at radius 1 is 1.56 bits per heavy atom. The molecule has 0 aliphatic carbocycles. The molecule has 2 rings (SSSR count). The minimum atomic E-state index is -0.435. The summed E-state index contributed by atoms with van der Waals surface area (Å²) < 4.78 is 0. The Bertz CT molecular complexity index is 559. The molecule has 0 bridgehead atoms. The summed E-state index contributed by atoms with van der Waals surface area (Å²) in [5, 5.41) is 18.2. The van der Waals surface area contributed by atoms with Crippen LogP contribution in [-0.4, -0.2) is 21.7 Å². The number of hydrogen-bond acceptors (Lipinski definition) is 4.